The first-order valence-electron chi connectivity index (χ1n) is 6.19. The van der Waals surface area contributed by atoms with Gasteiger partial charge in [0, 0.05) is 17.7 Å². The maximum Gasteiger partial charge on any atom is 0.277 e. The van der Waals surface area contributed by atoms with Crippen LogP contribution < -0.4 is 5.73 Å². The summed E-state index contributed by atoms with van der Waals surface area (Å²) in [5, 5.41) is 8.80. The number of carbonyl (C=O) groups is 1. The van der Waals surface area contributed by atoms with Crippen LogP contribution in [-0.2, 0) is 6.42 Å². The SMILES string of the molecule is Br.N#Cc1ccc(C2=NC(=O)c3cccc(N)c3C2)cc1. The van der Waals surface area contributed by atoms with Crippen molar-refractivity contribution in [1.82, 2.24) is 0 Å². The Morgan fingerprint density at radius 2 is 1.86 bits per heavy atom. The van der Waals surface area contributed by atoms with Gasteiger partial charge in [0.05, 0.1) is 17.3 Å². The Balaban J connectivity index is 0.00000161. The second kappa shape index (κ2) is 5.90. The Bertz CT molecular complexity index is 773. The Morgan fingerprint density at radius 3 is 2.52 bits per heavy atom. The van der Waals surface area contributed by atoms with Gasteiger partial charge >= 0.3 is 0 Å². The number of nitrogens with zero attached hydrogens (tertiary/aromatic N) is 2. The maximum atomic E-state index is 12.0. The quantitative estimate of drug-likeness (QED) is 0.810. The molecule has 0 atom stereocenters. The Hall–Kier alpha value is -2.45. The van der Waals surface area contributed by atoms with Gasteiger partial charge in [0.2, 0.25) is 0 Å². The van der Waals surface area contributed by atoms with E-state index >= 15 is 0 Å². The summed E-state index contributed by atoms with van der Waals surface area (Å²) in [5.74, 6) is -0.266. The smallest absolute Gasteiger partial charge is 0.277 e. The van der Waals surface area contributed by atoms with Gasteiger partial charge in [-0.15, -0.1) is 17.0 Å². The average Bonchev–Trinajstić information content (AvgIpc) is 2.48. The lowest BCUT2D eigenvalue weighted by atomic mass is 9.93. The van der Waals surface area contributed by atoms with Crippen LogP contribution in [-0.4, -0.2) is 11.6 Å². The van der Waals surface area contributed by atoms with E-state index in [9.17, 15) is 4.79 Å². The predicted octanol–water partition coefficient (Wildman–Crippen LogP) is 2.90. The van der Waals surface area contributed by atoms with Crippen LogP contribution in [0.25, 0.3) is 0 Å². The fraction of sp³-hybridized carbons (Fsp3) is 0.0625. The zero-order valence-electron chi connectivity index (χ0n) is 11.0. The average molecular weight is 342 g/mol. The van der Waals surface area contributed by atoms with E-state index in [0.29, 0.717) is 28.9 Å². The molecule has 1 heterocycles. The van der Waals surface area contributed by atoms with Crippen molar-refractivity contribution in [3.05, 3.63) is 64.7 Å². The number of amides is 1. The summed E-state index contributed by atoms with van der Waals surface area (Å²) in [6.45, 7) is 0. The van der Waals surface area contributed by atoms with Gasteiger partial charge in [-0.1, -0.05) is 18.2 Å². The molecule has 0 saturated carbocycles. The van der Waals surface area contributed by atoms with Gasteiger partial charge in [-0.25, -0.2) is 4.99 Å². The third kappa shape index (κ3) is 2.71. The maximum absolute atomic E-state index is 12.0. The highest BCUT2D eigenvalue weighted by Crippen LogP contribution is 2.24. The molecular formula is C16H12BrN3O. The Kier molecular flexibility index (Phi) is 4.20. The third-order valence-electron chi connectivity index (χ3n) is 3.37. The van der Waals surface area contributed by atoms with Crippen molar-refractivity contribution in [2.24, 2.45) is 4.99 Å². The van der Waals surface area contributed by atoms with E-state index < -0.39 is 0 Å². The number of benzene rings is 2. The summed E-state index contributed by atoms with van der Waals surface area (Å²) in [6, 6.07) is 14.4. The lowest BCUT2D eigenvalue weighted by Crippen LogP contribution is -2.18. The number of nitrogens with two attached hydrogens (primary N) is 1. The zero-order chi connectivity index (χ0) is 14.1. The summed E-state index contributed by atoms with van der Waals surface area (Å²) >= 11 is 0. The molecule has 4 nitrogen and oxygen atoms in total. The second-order valence-electron chi connectivity index (χ2n) is 4.60. The molecule has 2 N–H and O–H groups in total. The van der Waals surface area contributed by atoms with Crippen molar-refractivity contribution < 1.29 is 4.79 Å². The number of fused-ring (bicyclic) bond motifs is 1. The molecule has 0 bridgehead atoms. The summed E-state index contributed by atoms with van der Waals surface area (Å²) in [7, 11) is 0. The minimum atomic E-state index is -0.266. The molecule has 2 aromatic carbocycles. The van der Waals surface area contributed by atoms with Gasteiger partial charge in [0.15, 0.2) is 0 Å². The number of halogens is 1. The molecule has 1 aliphatic heterocycles. The van der Waals surface area contributed by atoms with E-state index in [1.165, 1.54) is 0 Å². The largest absolute Gasteiger partial charge is 0.398 e. The molecule has 104 valence electrons. The van der Waals surface area contributed by atoms with E-state index in [1.807, 2.05) is 0 Å². The number of hydrogen-bond acceptors (Lipinski definition) is 3. The highest BCUT2D eigenvalue weighted by Gasteiger charge is 2.21. The highest BCUT2D eigenvalue weighted by molar-refractivity contribution is 8.93. The molecule has 0 radical (unpaired) electrons. The van der Waals surface area contributed by atoms with Crippen LogP contribution in [0.1, 0.15) is 27.0 Å². The number of anilines is 1. The fourth-order valence-corrected chi connectivity index (χ4v) is 2.30. The second-order valence-corrected chi connectivity index (χ2v) is 4.60. The Morgan fingerprint density at radius 1 is 1.14 bits per heavy atom. The molecule has 0 aromatic heterocycles. The minimum absolute atomic E-state index is 0. The van der Waals surface area contributed by atoms with Crippen LogP contribution in [0.3, 0.4) is 0 Å². The normalized spacial score (nSPS) is 12.7. The highest BCUT2D eigenvalue weighted by atomic mass is 79.9. The zero-order valence-corrected chi connectivity index (χ0v) is 12.7. The summed E-state index contributed by atoms with van der Waals surface area (Å²) in [5.41, 5.74) is 10.0. The van der Waals surface area contributed by atoms with Crippen molar-refractivity contribution in [2.75, 3.05) is 5.73 Å². The Labute approximate surface area is 132 Å². The lowest BCUT2D eigenvalue weighted by molar-refractivity contribution is 0.100. The van der Waals surface area contributed by atoms with E-state index in [-0.39, 0.29) is 22.9 Å². The number of carbonyl (C=O) groups excluding carboxylic acids is 1. The van der Waals surface area contributed by atoms with Gasteiger partial charge in [0.25, 0.3) is 5.91 Å². The van der Waals surface area contributed by atoms with Gasteiger partial charge in [-0.05, 0) is 35.4 Å². The fourth-order valence-electron chi connectivity index (χ4n) is 2.30. The topological polar surface area (TPSA) is 79.2 Å². The summed E-state index contributed by atoms with van der Waals surface area (Å²) < 4.78 is 0. The standard InChI is InChI=1S/C16H11N3O.BrH/c17-9-10-4-6-11(7-5-10)15-8-13-12(16(20)19-15)2-1-3-14(13)18;/h1-7H,8,18H2;1H. The lowest BCUT2D eigenvalue weighted by Gasteiger charge is -2.17. The molecule has 0 aliphatic carbocycles. The van der Waals surface area contributed by atoms with E-state index in [0.717, 1.165) is 11.1 Å². The van der Waals surface area contributed by atoms with Crippen molar-refractivity contribution >= 4 is 34.3 Å². The first kappa shape index (κ1) is 14.9. The molecule has 1 amide bonds. The van der Waals surface area contributed by atoms with Gasteiger partial charge < -0.3 is 5.73 Å². The molecule has 5 heteroatoms. The third-order valence-corrected chi connectivity index (χ3v) is 3.37. The predicted molar refractivity (Wildman–Crippen MR) is 86.9 cm³/mol. The molecule has 2 aromatic rings. The molecule has 1 aliphatic rings. The first-order chi connectivity index (χ1) is 9.69. The van der Waals surface area contributed by atoms with Crippen molar-refractivity contribution in [3.8, 4) is 6.07 Å². The molecule has 0 saturated heterocycles. The summed E-state index contributed by atoms with van der Waals surface area (Å²) in [6.07, 6.45) is 0.527. The van der Waals surface area contributed by atoms with Crippen molar-refractivity contribution in [3.63, 3.8) is 0 Å². The van der Waals surface area contributed by atoms with Crippen LogP contribution >= 0.6 is 17.0 Å². The van der Waals surface area contributed by atoms with Gasteiger partial charge in [0.1, 0.15) is 0 Å². The van der Waals surface area contributed by atoms with Crippen LogP contribution in [0.15, 0.2) is 47.5 Å². The molecular weight excluding hydrogens is 330 g/mol. The molecule has 0 fully saturated rings. The van der Waals surface area contributed by atoms with Crippen LogP contribution in [0.2, 0.25) is 0 Å². The molecule has 0 spiro atoms. The number of hydrogen-bond donors (Lipinski definition) is 1. The minimum Gasteiger partial charge on any atom is -0.398 e. The van der Waals surface area contributed by atoms with E-state index in [1.54, 1.807) is 42.5 Å². The number of nitriles is 1. The van der Waals surface area contributed by atoms with Gasteiger partial charge in [-0.3, -0.25) is 4.79 Å². The molecule has 0 unspecified atom stereocenters. The van der Waals surface area contributed by atoms with E-state index in [2.05, 4.69) is 11.1 Å². The molecule has 21 heavy (non-hydrogen) atoms. The van der Waals surface area contributed by atoms with Crippen LogP contribution in [0.4, 0.5) is 5.69 Å². The van der Waals surface area contributed by atoms with Crippen molar-refractivity contribution in [1.29, 1.82) is 5.26 Å². The first-order valence-corrected chi connectivity index (χ1v) is 6.19. The monoisotopic (exact) mass is 341 g/mol. The number of rotatable bonds is 1. The van der Waals surface area contributed by atoms with Gasteiger partial charge in [-0.2, -0.15) is 5.26 Å². The van der Waals surface area contributed by atoms with Crippen LogP contribution in [0.5, 0.6) is 0 Å². The molecule has 3 rings (SSSR count). The van der Waals surface area contributed by atoms with E-state index in [4.69, 9.17) is 11.0 Å². The summed E-state index contributed by atoms with van der Waals surface area (Å²) in [4.78, 5) is 16.2. The number of aliphatic imine (C=N–C) groups is 1. The number of nitrogen functional groups attached to an aromatic ring is 1. The van der Waals surface area contributed by atoms with Crippen molar-refractivity contribution in [2.45, 2.75) is 6.42 Å². The van der Waals surface area contributed by atoms with Crippen LogP contribution in [0, 0.1) is 11.3 Å².